The van der Waals surface area contributed by atoms with E-state index in [4.69, 9.17) is 11.1 Å². The first kappa shape index (κ1) is 12.2. The number of hydrogen-bond acceptors (Lipinski definition) is 2. The Bertz CT molecular complexity index is 370. The summed E-state index contributed by atoms with van der Waals surface area (Å²) >= 11 is 3.50. The standard InChI is InChI=1S/C10H17BrN4/c1-4-8(5-9(12)13)15-7(3)10(11)6(2)14-15/h8H,4-5H2,1-3H3,(H3,12,13). The van der Waals surface area contributed by atoms with Gasteiger partial charge in [-0.25, -0.2) is 0 Å². The van der Waals surface area contributed by atoms with Gasteiger partial charge in [-0.15, -0.1) is 0 Å². The lowest BCUT2D eigenvalue weighted by Crippen LogP contribution is -2.20. The molecular formula is C10H17BrN4. The molecule has 0 fully saturated rings. The number of nitrogens with one attached hydrogen (secondary N) is 1. The van der Waals surface area contributed by atoms with Crippen molar-refractivity contribution in [2.24, 2.45) is 5.73 Å². The van der Waals surface area contributed by atoms with Crippen molar-refractivity contribution in [3.63, 3.8) is 0 Å². The Balaban J connectivity index is 3.01. The smallest absolute Gasteiger partial charge is 0.0926 e. The van der Waals surface area contributed by atoms with Crippen LogP contribution in [0.4, 0.5) is 0 Å². The molecule has 0 aliphatic heterocycles. The quantitative estimate of drug-likeness (QED) is 0.654. The monoisotopic (exact) mass is 272 g/mol. The molecule has 84 valence electrons. The summed E-state index contributed by atoms with van der Waals surface area (Å²) in [7, 11) is 0. The van der Waals surface area contributed by atoms with Gasteiger partial charge in [0.25, 0.3) is 0 Å². The van der Waals surface area contributed by atoms with E-state index in [1.54, 1.807) is 0 Å². The molecule has 5 heteroatoms. The molecule has 3 N–H and O–H groups in total. The summed E-state index contributed by atoms with van der Waals surface area (Å²) in [4.78, 5) is 0. The Morgan fingerprint density at radius 3 is 2.53 bits per heavy atom. The zero-order chi connectivity index (χ0) is 11.6. The molecule has 1 rings (SSSR count). The third-order valence-electron chi connectivity index (χ3n) is 2.51. The van der Waals surface area contributed by atoms with E-state index < -0.39 is 0 Å². The van der Waals surface area contributed by atoms with Gasteiger partial charge in [0.1, 0.15) is 0 Å². The fraction of sp³-hybridized carbons (Fsp3) is 0.600. The molecule has 0 aromatic carbocycles. The predicted molar refractivity (Wildman–Crippen MR) is 65.3 cm³/mol. The van der Waals surface area contributed by atoms with Crippen LogP contribution in [0.15, 0.2) is 4.47 Å². The van der Waals surface area contributed by atoms with E-state index in [0.29, 0.717) is 6.42 Å². The second-order valence-electron chi connectivity index (χ2n) is 3.72. The van der Waals surface area contributed by atoms with Crippen LogP contribution in [0.3, 0.4) is 0 Å². The molecule has 0 saturated carbocycles. The van der Waals surface area contributed by atoms with Crippen LogP contribution in [0.1, 0.15) is 37.2 Å². The molecular weight excluding hydrogens is 256 g/mol. The first-order valence-electron chi connectivity index (χ1n) is 5.01. The summed E-state index contributed by atoms with van der Waals surface area (Å²) in [6.07, 6.45) is 1.48. The summed E-state index contributed by atoms with van der Waals surface area (Å²) in [5, 5.41) is 11.8. The number of aryl methyl sites for hydroxylation is 1. The van der Waals surface area contributed by atoms with Gasteiger partial charge in [0, 0.05) is 6.42 Å². The Morgan fingerprint density at radius 1 is 1.60 bits per heavy atom. The zero-order valence-electron chi connectivity index (χ0n) is 9.34. The van der Waals surface area contributed by atoms with E-state index in [9.17, 15) is 0 Å². The number of nitrogens with two attached hydrogens (primary N) is 1. The Kier molecular flexibility index (Phi) is 3.90. The number of nitrogens with zero attached hydrogens (tertiary/aromatic N) is 2. The second kappa shape index (κ2) is 4.79. The van der Waals surface area contributed by atoms with Crippen molar-refractivity contribution >= 4 is 21.8 Å². The molecule has 15 heavy (non-hydrogen) atoms. The lowest BCUT2D eigenvalue weighted by molar-refractivity contribution is 0.441. The van der Waals surface area contributed by atoms with Crippen molar-refractivity contribution in [1.29, 1.82) is 5.41 Å². The highest BCUT2D eigenvalue weighted by Crippen LogP contribution is 2.25. The minimum atomic E-state index is 0.187. The highest BCUT2D eigenvalue weighted by molar-refractivity contribution is 9.10. The molecule has 1 heterocycles. The minimum Gasteiger partial charge on any atom is -0.388 e. The molecule has 0 saturated heterocycles. The molecule has 0 aliphatic rings. The van der Waals surface area contributed by atoms with Crippen molar-refractivity contribution in [3.05, 3.63) is 15.9 Å². The maximum Gasteiger partial charge on any atom is 0.0926 e. The Morgan fingerprint density at radius 2 is 2.20 bits per heavy atom. The lowest BCUT2D eigenvalue weighted by Gasteiger charge is -2.16. The maximum atomic E-state index is 7.33. The molecule has 0 aliphatic carbocycles. The van der Waals surface area contributed by atoms with Crippen LogP contribution in [-0.4, -0.2) is 15.6 Å². The molecule has 1 atom stereocenters. The molecule has 1 aromatic heterocycles. The summed E-state index contributed by atoms with van der Waals surface area (Å²) in [6, 6.07) is 0.187. The van der Waals surface area contributed by atoms with Crippen molar-refractivity contribution < 1.29 is 0 Å². The number of halogens is 1. The maximum absolute atomic E-state index is 7.33. The molecule has 1 unspecified atom stereocenters. The van der Waals surface area contributed by atoms with Crippen LogP contribution in [0.2, 0.25) is 0 Å². The van der Waals surface area contributed by atoms with Crippen molar-refractivity contribution in [3.8, 4) is 0 Å². The summed E-state index contributed by atoms with van der Waals surface area (Å²) in [5.41, 5.74) is 7.51. The van der Waals surface area contributed by atoms with Gasteiger partial charge < -0.3 is 5.73 Å². The van der Waals surface area contributed by atoms with Gasteiger partial charge >= 0.3 is 0 Å². The zero-order valence-corrected chi connectivity index (χ0v) is 10.9. The molecule has 0 spiro atoms. The van der Waals surface area contributed by atoms with Crippen LogP contribution in [0, 0.1) is 19.3 Å². The average Bonchev–Trinajstić information content (AvgIpc) is 2.42. The van der Waals surface area contributed by atoms with Gasteiger partial charge in [0.15, 0.2) is 0 Å². The fourth-order valence-electron chi connectivity index (χ4n) is 1.66. The highest BCUT2D eigenvalue weighted by atomic mass is 79.9. The van der Waals surface area contributed by atoms with E-state index in [-0.39, 0.29) is 11.9 Å². The third kappa shape index (κ3) is 2.59. The van der Waals surface area contributed by atoms with E-state index in [2.05, 4.69) is 28.0 Å². The minimum absolute atomic E-state index is 0.187. The SMILES string of the molecule is CCC(CC(=N)N)n1nc(C)c(Br)c1C. The van der Waals surface area contributed by atoms with Crippen LogP contribution in [0.5, 0.6) is 0 Å². The highest BCUT2D eigenvalue weighted by Gasteiger charge is 2.16. The molecule has 0 radical (unpaired) electrons. The Hall–Kier alpha value is -0.840. The first-order chi connectivity index (χ1) is 6.97. The first-order valence-corrected chi connectivity index (χ1v) is 5.80. The summed E-state index contributed by atoms with van der Waals surface area (Å²) in [5.74, 6) is 0.213. The number of amidine groups is 1. The number of aromatic nitrogens is 2. The van der Waals surface area contributed by atoms with Gasteiger partial charge in [0.2, 0.25) is 0 Å². The fourth-order valence-corrected chi connectivity index (χ4v) is 1.92. The van der Waals surface area contributed by atoms with Crippen LogP contribution in [0.25, 0.3) is 0 Å². The molecule has 0 bridgehead atoms. The van der Waals surface area contributed by atoms with Gasteiger partial charge in [-0.05, 0) is 36.2 Å². The molecule has 4 nitrogen and oxygen atoms in total. The normalized spacial score (nSPS) is 12.8. The van der Waals surface area contributed by atoms with Gasteiger partial charge in [-0.3, -0.25) is 10.1 Å². The lowest BCUT2D eigenvalue weighted by atomic mass is 10.1. The third-order valence-corrected chi connectivity index (χ3v) is 3.66. The Labute approximate surface area is 98.5 Å². The molecule has 0 amide bonds. The average molecular weight is 273 g/mol. The van der Waals surface area contributed by atoms with Gasteiger partial charge in [-0.1, -0.05) is 6.92 Å². The topological polar surface area (TPSA) is 67.7 Å². The summed E-state index contributed by atoms with van der Waals surface area (Å²) in [6.45, 7) is 6.07. The van der Waals surface area contributed by atoms with E-state index in [1.807, 2.05) is 18.5 Å². The summed E-state index contributed by atoms with van der Waals surface area (Å²) < 4.78 is 3.00. The number of rotatable bonds is 4. The predicted octanol–water partition coefficient (Wildman–Crippen LogP) is 2.54. The van der Waals surface area contributed by atoms with Crippen LogP contribution >= 0.6 is 15.9 Å². The van der Waals surface area contributed by atoms with Crippen molar-refractivity contribution in [2.75, 3.05) is 0 Å². The van der Waals surface area contributed by atoms with Gasteiger partial charge in [0.05, 0.1) is 27.7 Å². The van der Waals surface area contributed by atoms with Crippen LogP contribution < -0.4 is 5.73 Å². The van der Waals surface area contributed by atoms with Crippen molar-refractivity contribution in [2.45, 2.75) is 39.7 Å². The number of hydrogen-bond donors (Lipinski definition) is 2. The van der Waals surface area contributed by atoms with E-state index in [0.717, 1.165) is 22.3 Å². The van der Waals surface area contributed by atoms with Crippen molar-refractivity contribution in [1.82, 2.24) is 9.78 Å². The molecule has 1 aromatic rings. The van der Waals surface area contributed by atoms with Crippen LogP contribution in [-0.2, 0) is 0 Å². The second-order valence-corrected chi connectivity index (χ2v) is 4.51. The van der Waals surface area contributed by atoms with Gasteiger partial charge in [-0.2, -0.15) is 5.10 Å². The van der Waals surface area contributed by atoms with E-state index in [1.165, 1.54) is 0 Å². The largest absolute Gasteiger partial charge is 0.388 e. The van der Waals surface area contributed by atoms with E-state index >= 15 is 0 Å².